The second-order valence-electron chi connectivity index (χ2n) is 4.18. The highest BCUT2D eigenvalue weighted by molar-refractivity contribution is 6.32. The second-order valence-corrected chi connectivity index (χ2v) is 4.54. The molecule has 5 heteroatoms. The highest BCUT2D eigenvalue weighted by atomic mass is 35.5. The first-order chi connectivity index (χ1) is 8.11. The van der Waals surface area contributed by atoms with E-state index in [0.717, 1.165) is 25.8 Å². The van der Waals surface area contributed by atoms with Gasteiger partial charge in [0.2, 0.25) is 0 Å². The monoisotopic (exact) mass is 251 g/mol. The van der Waals surface area contributed by atoms with Crippen LogP contribution in [0.3, 0.4) is 0 Å². The smallest absolute Gasteiger partial charge is 0.156 e. The summed E-state index contributed by atoms with van der Waals surface area (Å²) in [5, 5.41) is 0.231. The van der Waals surface area contributed by atoms with Crippen molar-refractivity contribution in [1.29, 1.82) is 0 Å². The standard InChI is InChI=1S/C12H14ClN3O/c1-8-4-3-5-16(6-8)12-10(7-17)11(13)14-9(2)15-12/h4,7H,3,5-6H2,1-2H3. The summed E-state index contributed by atoms with van der Waals surface area (Å²) in [6, 6.07) is 0. The highest BCUT2D eigenvalue weighted by Crippen LogP contribution is 2.25. The fourth-order valence-electron chi connectivity index (χ4n) is 1.97. The zero-order valence-electron chi connectivity index (χ0n) is 9.90. The van der Waals surface area contributed by atoms with E-state index < -0.39 is 0 Å². The molecular weight excluding hydrogens is 238 g/mol. The number of rotatable bonds is 2. The molecule has 0 fully saturated rings. The average Bonchev–Trinajstić information content (AvgIpc) is 2.28. The van der Waals surface area contributed by atoms with Crippen molar-refractivity contribution in [2.75, 3.05) is 18.0 Å². The minimum atomic E-state index is 0.231. The average molecular weight is 252 g/mol. The Morgan fingerprint density at radius 3 is 2.82 bits per heavy atom. The lowest BCUT2D eigenvalue weighted by atomic mass is 10.1. The molecule has 2 rings (SSSR count). The molecule has 1 aliphatic heterocycles. The Hall–Kier alpha value is -1.42. The molecule has 0 N–H and O–H groups in total. The largest absolute Gasteiger partial charge is 0.352 e. The molecule has 1 aromatic rings. The molecule has 90 valence electrons. The van der Waals surface area contributed by atoms with Gasteiger partial charge in [-0.2, -0.15) is 0 Å². The summed E-state index contributed by atoms with van der Waals surface area (Å²) in [6.07, 6.45) is 3.89. The summed E-state index contributed by atoms with van der Waals surface area (Å²) in [7, 11) is 0. The Morgan fingerprint density at radius 1 is 1.41 bits per heavy atom. The fourth-order valence-corrected chi connectivity index (χ4v) is 2.22. The molecule has 0 radical (unpaired) electrons. The lowest BCUT2D eigenvalue weighted by Crippen LogP contribution is -2.31. The Kier molecular flexibility index (Phi) is 3.43. The predicted molar refractivity (Wildman–Crippen MR) is 67.8 cm³/mol. The SMILES string of the molecule is CC1=CCCN(c2nc(C)nc(Cl)c2C=O)C1. The minimum absolute atomic E-state index is 0.231. The van der Waals surface area contributed by atoms with Crippen LogP contribution in [0, 0.1) is 6.92 Å². The van der Waals surface area contributed by atoms with Gasteiger partial charge in [-0.3, -0.25) is 4.79 Å². The van der Waals surface area contributed by atoms with Crippen LogP contribution in [0.4, 0.5) is 5.82 Å². The molecule has 0 aromatic carbocycles. The van der Waals surface area contributed by atoms with E-state index in [1.54, 1.807) is 6.92 Å². The van der Waals surface area contributed by atoms with Gasteiger partial charge in [0.05, 0.1) is 5.56 Å². The van der Waals surface area contributed by atoms with Crippen LogP contribution in [0.25, 0.3) is 0 Å². The number of carbonyl (C=O) groups excluding carboxylic acids is 1. The van der Waals surface area contributed by atoms with Gasteiger partial charge in [0.25, 0.3) is 0 Å². The van der Waals surface area contributed by atoms with E-state index in [-0.39, 0.29) is 5.15 Å². The summed E-state index contributed by atoms with van der Waals surface area (Å²) in [6.45, 7) is 5.48. The normalized spacial score (nSPS) is 15.7. The van der Waals surface area contributed by atoms with E-state index in [0.29, 0.717) is 17.2 Å². The van der Waals surface area contributed by atoms with Crippen LogP contribution in [-0.4, -0.2) is 29.3 Å². The van der Waals surface area contributed by atoms with Gasteiger partial charge in [-0.25, -0.2) is 9.97 Å². The molecule has 4 nitrogen and oxygen atoms in total. The molecular formula is C12H14ClN3O. The van der Waals surface area contributed by atoms with Gasteiger partial charge in [-0.15, -0.1) is 0 Å². The van der Waals surface area contributed by atoms with Crippen LogP contribution in [0.1, 0.15) is 29.5 Å². The van der Waals surface area contributed by atoms with Crippen molar-refractivity contribution in [2.45, 2.75) is 20.3 Å². The van der Waals surface area contributed by atoms with Crippen LogP contribution in [0.15, 0.2) is 11.6 Å². The molecule has 0 unspecified atom stereocenters. The molecule has 0 atom stereocenters. The minimum Gasteiger partial charge on any atom is -0.352 e. The summed E-state index contributed by atoms with van der Waals surface area (Å²) in [4.78, 5) is 21.5. The van der Waals surface area contributed by atoms with E-state index >= 15 is 0 Å². The molecule has 1 aliphatic rings. The number of aryl methyl sites for hydroxylation is 1. The number of nitrogens with zero attached hydrogens (tertiary/aromatic N) is 3. The van der Waals surface area contributed by atoms with E-state index in [2.05, 4.69) is 27.9 Å². The number of hydrogen-bond acceptors (Lipinski definition) is 4. The third kappa shape index (κ3) is 2.47. The molecule has 0 spiro atoms. The first-order valence-electron chi connectivity index (χ1n) is 5.51. The van der Waals surface area contributed by atoms with Gasteiger partial charge in [0, 0.05) is 13.1 Å². The van der Waals surface area contributed by atoms with Crippen molar-refractivity contribution in [2.24, 2.45) is 0 Å². The van der Waals surface area contributed by atoms with Gasteiger partial charge >= 0.3 is 0 Å². The van der Waals surface area contributed by atoms with E-state index in [1.807, 2.05) is 0 Å². The van der Waals surface area contributed by atoms with Gasteiger partial charge in [-0.1, -0.05) is 23.3 Å². The summed E-state index contributed by atoms with van der Waals surface area (Å²) >= 11 is 5.97. The van der Waals surface area contributed by atoms with Gasteiger partial charge < -0.3 is 4.90 Å². The second kappa shape index (κ2) is 4.84. The molecule has 0 saturated heterocycles. The van der Waals surface area contributed by atoms with Crippen LogP contribution in [0.5, 0.6) is 0 Å². The third-order valence-electron chi connectivity index (χ3n) is 2.74. The van der Waals surface area contributed by atoms with Gasteiger partial charge in [-0.05, 0) is 20.3 Å². The predicted octanol–water partition coefficient (Wildman–Crippen LogP) is 2.41. The van der Waals surface area contributed by atoms with Crippen molar-refractivity contribution in [3.63, 3.8) is 0 Å². The first kappa shape index (κ1) is 12.0. The van der Waals surface area contributed by atoms with Crippen molar-refractivity contribution in [3.05, 3.63) is 28.2 Å². The number of aromatic nitrogens is 2. The molecule has 0 bridgehead atoms. The zero-order valence-corrected chi connectivity index (χ0v) is 10.7. The molecule has 2 heterocycles. The summed E-state index contributed by atoms with van der Waals surface area (Å²) in [5.74, 6) is 1.23. The number of anilines is 1. The molecule has 0 saturated carbocycles. The van der Waals surface area contributed by atoms with E-state index in [4.69, 9.17) is 11.6 Å². The molecule has 17 heavy (non-hydrogen) atoms. The van der Waals surface area contributed by atoms with E-state index in [1.165, 1.54) is 5.57 Å². The number of aldehydes is 1. The van der Waals surface area contributed by atoms with Crippen molar-refractivity contribution in [1.82, 2.24) is 9.97 Å². The topological polar surface area (TPSA) is 46.1 Å². The van der Waals surface area contributed by atoms with Crippen LogP contribution in [-0.2, 0) is 0 Å². The number of carbonyl (C=O) groups is 1. The summed E-state index contributed by atoms with van der Waals surface area (Å²) in [5.41, 5.74) is 1.66. The first-order valence-corrected chi connectivity index (χ1v) is 5.89. The maximum Gasteiger partial charge on any atom is 0.156 e. The third-order valence-corrected chi connectivity index (χ3v) is 3.03. The van der Waals surface area contributed by atoms with Crippen LogP contribution >= 0.6 is 11.6 Å². The van der Waals surface area contributed by atoms with Gasteiger partial charge in [0.1, 0.15) is 16.8 Å². The highest BCUT2D eigenvalue weighted by Gasteiger charge is 2.19. The van der Waals surface area contributed by atoms with Crippen molar-refractivity contribution < 1.29 is 4.79 Å². The number of hydrogen-bond donors (Lipinski definition) is 0. The molecule has 0 aliphatic carbocycles. The lowest BCUT2D eigenvalue weighted by Gasteiger charge is -2.28. The Morgan fingerprint density at radius 2 is 2.18 bits per heavy atom. The Labute approximate surface area is 105 Å². The van der Waals surface area contributed by atoms with Crippen molar-refractivity contribution in [3.8, 4) is 0 Å². The van der Waals surface area contributed by atoms with Crippen molar-refractivity contribution >= 4 is 23.7 Å². The van der Waals surface area contributed by atoms with Crippen LogP contribution in [0.2, 0.25) is 5.15 Å². The maximum absolute atomic E-state index is 11.1. The quantitative estimate of drug-likeness (QED) is 0.460. The Bertz CT molecular complexity index is 485. The number of halogens is 1. The summed E-state index contributed by atoms with van der Waals surface area (Å²) < 4.78 is 0. The lowest BCUT2D eigenvalue weighted by molar-refractivity contribution is 0.112. The fraction of sp³-hybridized carbons (Fsp3) is 0.417. The zero-order chi connectivity index (χ0) is 12.4. The Balaban J connectivity index is 2.44. The van der Waals surface area contributed by atoms with Gasteiger partial charge in [0.15, 0.2) is 6.29 Å². The maximum atomic E-state index is 11.1. The molecule has 1 aromatic heterocycles. The van der Waals surface area contributed by atoms with E-state index in [9.17, 15) is 4.79 Å². The van der Waals surface area contributed by atoms with Crippen LogP contribution < -0.4 is 4.90 Å². The molecule has 0 amide bonds.